The SMILES string of the molecule is CC1Cc2ccccc2N1c1nccc(-c2cccnc2)n1. The molecule has 0 fully saturated rings. The van der Waals surface area contributed by atoms with Gasteiger partial charge in [-0.1, -0.05) is 18.2 Å². The Balaban J connectivity index is 1.78. The van der Waals surface area contributed by atoms with E-state index in [-0.39, 0.29) is 0 Å². The summed E-state index contributed by atoms with van der Waals surface area (Å²) in [7, 11) is 0. The first-order valence-corrected chi connectivity index (χ1v) is 7.43. The average Bonchev–Trinajstić information content (AvgIpc) is 2.91. The summed E-state index contributed by atoms with van der Waals surface area (Å²) in [6.07, 6.45) is 6.44. The van der Waals surface area contributed by atoms with E-state index in [0.717, 1.165) is 23.6 Å². The van der Waals surface area contributed by atoms with Crippen molar-refractivity contribution in [2.75, 3.05) is 4.90 Å². The molecular formula is C18H16N4. The van der Waals surface area contributed by atoms with Crippen LogP contribution in [0.15, 0.2) is 61.1 Å². The molecule has 3 heterocycles. The Morgan fingerprint density at radius 2 is 1.95 bits per heavy atom. The lowest BCUT2D eigenvalue weighted by molar-refractivity contribution is 0.740. The van der Waals surface area contributed by atoms with Gasteiger partial charge in [0.2, 0.25) is 5.95 Å². The molecular weight excluding hydrogens is 272 g/mol. The van der Waals surface area contributed by atoms with Crippen molar-refractivity contribution in [1.82, 2.24) is 15.0 Å². The normalized spacial score (nSPS) is 16.6. The second-order valence-electron chi connectivity index (χ2n) is 5.54. The van der Waals surface area contributed by atoms with Crippen LogP contribution >= 0.6 is 0 Å². The maximum atomic E-state index is 4.75. The first-order chi connectivity index (χ1) is 10.8. The molecule has 3 aromatic rings. The highest BCUT2D eigenvalue weighted by Gasteiger charge is 2.28. The van der Waals surface area contributed by atoms with Gasteiger partial charge in [0.1, 0.15) is 0 Å². The van der Waals surface area contributed by atoms with Gasteiger partial charge >= 0.3 is 0 Å². The van der Waals surface area contributed by atoms with Crippen LogP contribution < -0.4 is 4.90 Å². The van der Waals surface area contributed by atoms with Crippen molar-refractivity contribution in [3.8, 4) is 11.3 Å². The smallest absolute Gasteiger partial charge is 0.230 e. The third-order valence-electron chi connectivity index (χ3n) is 4.02. The van der Waals surface area contributed by atoms with Crippen molar-refractivity contribution >= 4 is 11.6 Å². The van der Waals surface area contributed by atoms with E-state index < -0.39 is 0 Å². The second-order valence-corrected chi connectivity index (χ2v) is 5.54. The van der Waals surface area contributed by atoms with E-state index in [1.807, 2.05) is 30.6 Å². The van der Waals surface area contributed by atoms with Crippen LogP contribution in [0, 0.1) is 0 Å². The number of hydrogen-bond acceptors (Lipinski definition) is 4. The molecule has 22 heavy (non-hydrogen) atoms. The molecule has 1 unspecified atom stereocenters. The summed E-state index contributed by atoms with van der Waals surface area (Å²) in [6.45, 7) is 2.21. The van der Waals surface area contributed by atoms with Crippen molar-refractivity contribution in [3.63, 3.8) is 0 Å². The zero-order valence-electron chi connectivity index (χ0n) is 12.3. The molecule has 0 N–H and O–H groups in total. The minimum atomic E-state index is 0.363. The van der Waals surface area contributed by atoms with Gasteiger partial charge in [0.15, 0.2) is 0 Å². The first-order valence-electron chi connectivity index (χ1n) is 7.43. The van der Waals surface area contributed by atoms with Gasteiger partial charge in [-0.25, -0.2) is 9.97 Å². The third-order valence-corrected chi connectivity index (χ3v) is 4.02. The molecule has 0 saturated carbocycles. The van der Waals surface area contributed by atoms with Gasteiger partial charge in [0, 0.05) is 35.9 Å². The number of hydrogen-bond donors (Lipinski definition) is 0. The highest BCUT2D eigenvalue weighted by atomic mass is 15.3. The van der Waals surface area contributed by atoms with Crippen LogP contribution in [0.4, 0.5) is 11.6 Å². The molecule has 0 saturated heterocycles. The Hall–Kier alpha value is -2.75. The predicted molar refractivity (Wildman–Crippen MR) is 87.0 cm³/mol. The number of para-hydroxylation sites is 1. The minimum Gasteiger partial charge on any atom is -0.307 e. The molecule has 1 atom stereocenters. The summed E-state index contributed by atoms with van der Waals surface area (Å²) >= 11 is 0. The van der Waals surface area contributed by atoms with Crippen LogP contribution in [0.5, 0.6) is 0 Å². The van der Waals surface area contributed by atoms with Gasteiger partial charge in [-0.15, -0.1) is 0 Å². The number of nitrogens with zero attached hydrogens (tertiary/aromatic N) is 4. The van der Waals surface area contributed by atoms with Crippen LogP contribution in [0.3, 0.4) is 0 Å². The molecule has 4 nitrogen and oxygen atoms in total. The summed E-state index contributed by atoms with van der Waals surface area (Å²) < 4.78 is 0. The molecule has 2 aromatic heterocycles. The predicted octanol–water partition coefficient (Wildman–Crippen LogP) is 3.62. The van der Waals surface area contributed by atoms with E-state index in [9.17, 15) is 0 Å². The molecule has 0 bridgehead atoms. The van der Waals surface area contributed by atoms with Crippen molar-refractivity contribution in [2.45, 2.75) is 19.4 Å². The van der Waals surface area contributed by atoms with Gasteiger partial charge in [-0.05, 0) is 43.2 Å². The summed E-state index contributed by atoms with van der Waals surface area (Å²) in [5.41, 5.74) is 4.46. The molecule has 0 radical (unpaired) electrons. The van der Waals surface area contributed by atoms with E-state index in [1.165, 1.54) is 11.3 Å². The Kier molecular flexibility index (Phi) is 3.07. The maximum Gasteiger partial charge on any atom is 0.230 e. The van der Waals surface area contributed by atoms with Gasteiger partial charge < -0.3 is 4.90 Å². The van der Waals surface area contributed by atoms with E-state index in [0.29, 0.717) is 6.04 Å². The summed E-state index contributed by atoms with van der Waals surface area (Å²) in [5, 5.41) is 0. The Morgan fingerprint density at radius 3 is 2.82 bits per heavy atom. The van der Waals surface area contributed by atoms with E-state index >= 15 is 0 Å². The fraction of sp³-hybridized carbons (Fsp3) is 0.167. The lowest BCUT2D eigenvalue weighted by Gasteiger charge is -2.22. The van der Waals surface area contributed by atoms with Crippen molar-refractivity contribution in [3.05, 3.63) is 66.6 Å². The number of anilines is 2. The fourth-order valence-electron chi connectivity index (χ4n) is 3.01. The Morgan fingerprint density at radius 1 is 1.05 bits per heavy atom. The zero-order chi connectivity index (χ0) is 14.9. The molecule has 4 heteroatoms. The van der Waals surface area contributed by atoms with Gasteiger partial charge in [0.05, 0.1) is 5.69 Å². The van der Waals surface area contributed by atoms with E-state index in [4.69, 9.17) is 4.98 Å². The lowest BCUT2D eigenvalue weighted by Crippen LogP contribution is -2.25. The molecule has 1 aromatic carbocycles. The van der Waals surface area contributed by atoms with Crippen LogP contribution in [-0.2, 0) is 6.42 Å². The monoisotopic (exact) mass is 288 g/mol. The molecule has 108 valence electrons. The summed E-state index contributed by atoms with van der Waals surface area (Å²) in [6, 6.07) is 14.7. The quantitative estimate of drug-likeness (QED) is 0.722. The first kappa shape index (κ1) is 13.0. The van der Waals surface area contributed by atoms with Gasteiger partial charge in [-0.3, -0.25) is 4.98 Å². The van der Waals surface area contributed by atoms with Gasteiger partial charge in [-0.2, -0.15) is 0 Å². The summed E-state index contributed by atoms with van der Waals surface area (Å²) in [5.74, 6) is 0.749. The standard InChI is InChI=1S/C18H16N4/c1-13-11-14-5-2-3-7-17(14)22(13)18-20-10-8-16(21-18)15-6-4-9-19-12-15/h2-10,12-13H,11H2,1H3. The Bertz CT molecular complexity index is 801. The number of aromatic nitrogens is 3. The van der Waals surface area contributed by atoms with Crippen molar-refractivity contribution in [1.29, 1.82) is 0 Å². The topological polar surface area (TPSA) is 41.9 Å². The highest BCUT2D eigenvalue weighted by molar-refractivity contribution is 5.68. The van der Waals surface area contributed by atoms with Crippen molar-refractivity contribution in [2.24, 2.45) is 0 Å². The second kappa shape index (κ2) is 5.22. The maximum absolute atomic E-state index is 4.75. The van der Waals surface area contributed by atoms with Crippen LogP contribution in [-0.4, -0.2) is 21.0 Å². The number of rotatable bonds is 2. The molecule has 1 aliphatic rings. The minimum absolute atomic E-state index is 0.363. The third kappa shape index (κ3) is 2.13. The molecule has 0 spiro atoms. The highest BCUT2D eigenvalue weighted by Crippen LogP contribution is 2.36. The Labute approximate surface area is 129 Å². The molecule has 1 aliphatic heterocycles. The van der Waals surface area contributed by atoms with Crippen LogP contribution in [0.25, 0.3) is 11.3 Å². The average molecular weight is 288 g/mol. The number of fused-ring (bicyclic) bond motifs is 1. The molecule has 0 aliphatic carbocycles. The molecule has 4 rings (SSSR count). The van der Waals surface area contributed by atoms with E-state index in [2.05, 4.69) is 46.1 Å². The molecule has 0 amide bonds. The van der Waals surface area contributed by atoms with Gasteiger partial charge in [0.25, 0.3) is 0 Å². The fourth-order valence-corrected chi connectivity index (χ4v) is 3.01. The van der Waals surface area contributed by atoms with Crippen molar-refractivity contribution < 1.29 is 0 Å². The van der Waals surface area contributed by atoms with E-state index in [1.54, 1.807) is 6.20 Å². The zero-order valence-corrected chi connectivity index (χ0v) is 12.3. The number of pyridine rings is 1. The van der Waals surface area contributed by atoms with Crippen LogP contribution in [0.1, 0.15) is 12.5 Å². The van der Waals surface area contributed by atoms with Crippen LogP contribution in [0.2, 0.25) is 0 Å². The number of benzene rings is 1. The largest absolute Gasteiger partial charge is 0.307 e. The lowest BCUT2D eigenvalue weighted by atomic mass is 10.1. The summed E-state index contributed by atoms with van der Waals surface area (Å²) in [4.78, 5) is 15.6.